The van der Waals surface area contributed by atoms with Gasteiger partial charge in [-0.3, -0.25) is 9.52 Å². The molecule has 27 heavy (non-hydrogen) atoms. The number of hydrogen-bond acceptors (Lipinski definition) is 4. The van der Waals surface area contributed by atoms with Crippen LogP contribution < -0.4 is 10.0 Å². The van der Waals surface area contributed by atoms with Gasteiger partial charge in [-0.2, -0.15) is 0 Å². The van der Waals surface area contributed by atoms with Crippen LogP contribution in [0, 0.1) is 5.92 Å². The molecule has 1 aromatic carbocycles. The van der Waals surface area contributed by atoms with Gasteiger partial charge in [0.25, 0.3) is 0 Å². The number of hydrogen-bond donors (Lipinski definition) is 2. The summed E-state index contributed by atoms with van der Waals surface area (Å²) >= 11 is 0. The summed E-state index contributed by atoms with van der Waals surface area (Å²) in [5, 5.41) is 3.29. The number of amides is 1. The van der Waals surface area contributed by atoms with Crippen LogP contribution in [0.3, 0.4) is 0 Å². The number of anilines is 1. The summed E-state index contributed by atoms with van der Waals surface area (Å²) < 4.78 is 25.5. The van der Waals surface area contributed by atoms with E-state index in [2.05, 4.69) is 28.8 Å². The first-order valence-corrected chi connectivity index (χ1v) is 11.7. The van der Waals surface area contributed by atoms with Crippen molar-refractivity contribution in [2.75, 3.05) is 30.6 Å². The lowest BCUT2D eigenvalue weighted by Gasteiger charge is -2.29. The third-order valence-corrected chi connectivity index (χ3v) is 6.28. The number of sulfonamides is 1. The van der Waals surface area contributed by atoms with Crippen LogP contribution >= 0.6 is 0 Å². The van der Waals surface area contributed by atoms with Gasteiger partial charge in [-0.05, 0) is 62.4 Å². The van der Waals surface area contributed by atoms with E-state index in [9.17, 15) is 13.2 Å². The lowest BCUT2D eigenvalue weighted by molar-refractivity contribution is -0.124. The van der Waals surface area contributed by atoms with Gasteiger partial charge in [0.1, 0.15) is 0 Å². The van der Waals surface area contributed by atoms with Crippen LogP contribution in [0.4, 0.5) is 5.69 Å². The second-order valence-electron chi connectivity index (χ2n) is 8.37. The van der Waals surface area contributed by atoms with Gasteiger partial charge in [-0.25, -0.2) is 8.42 Å². The lowest BCUT2D eigenvalue weighted by atomic mass is 9.93. The van der Waals surface area contributed by atoms with E-state index < -0.39 is 15.4 Å². The fraction of sp³-hybridized carbons (Fsp3) is 0.650. The van der Waals surface area contributed by atoms with Crippen molar-refractivity contribution < 1.29 is 13.2 Å². The van der Waals surface area contributed by atoms with Crippen molar-refractivity contribution in [2.24, 2.45) is 5.92 Å². The Balaban J connectivity index is 1.72. The number of carbonyl (C=O) groups excluding carboxylic acids is 1. The highest BCUT2D eigenvalue weighted by Crippen LogP contribution is 2.49. The van der Waals surface area contributed by atoms with Gasteiger partial charge in [-0.15, -0.1) is 0 Å². The average Bonchev–Trinajstić information content (AvgIpc) is 3.24. The van der Waals surface area contributed by atoms with Crippen molar-refractivity contribution in [1.82, 2.24) is 10.2 Å². The zero-order chi connectivity index (χ0) is 19.7. The first-order chi connectivity index (χ1) is 12.7. The molecule has 150 valence electrons. The van der Waals surface area contributed by atoms with E-state index in [4.69, 9.17) is 0 Å². The molecule has 1 aliphatic carbocycles. The number of benzene rings is 1. The monoisotopic (exact) mass is 393 g/mol. The van der Waals surface area contributed by atoms with E-state index in [0.29, 0.717) is 11.6 Å². The van der Waals surface area contributed by atoms with Crippen molar-refractivity contribution in [2.45, 2.75) is 51.0 Å². The maximum atomic E-state index is 13.1. The average molecular weight is 394 g/mol. The molecule has 1 aliphatic heterocycles. The molecule has 1 aromatic rings. The smallest absolute Gasteiger partial charge is 0.230 e. The standard InChI is InChI=1S/C20H31N3O3S/c1-15(2)18(14-23-11-4-5-12-23)21-19(24)20(9-10-20)16-7-6-8-17(13-16)22-27(3,25)26/h6-8,13,15,18,22H,4-5,9-12,14H2,1-3H3,(H,21,24)/t18-/m1/s1. The highest BCUT2D eigenvalue weighted by molar-refractivity contribution is 7.92. The predicted molar refractivity (Wildman–Crippen MR) is 108 cm³/mol. The van der Waals surface area contributed by atoms with Crippen LogP contribution in [0.25, 0.3) is 0 Å². The molecule has 0 aromatic heterocycles. The molecule has 1 heterocycles. The van der Waals surface area contributed by atoms with Crippen LogP contribution in [0.2, 0.25) is 0 Å². The summed E-state index contributed by atoms with van der Waals surface area (Å²) in [4.78, 5) is 15.6. The molecule has 1 amide bonds. The minimum atomic E-state index is -3.34. The molecule has 0 unspecified atom stereocenters. The molecule has 2 N–H and O–H groups in total. The molecule has 1 saturated carbocycles. The third kappa shape index (κ3) is 5.02. The summed E-state index contributed by atoms with van der Waals surface area (Å²) in [5.41, 5.74) is 0.872. The van der Waals surface area contributed by atoms with Crippen molar-refractivity contribution >= 4 is 21.6 Å². The minimum Gasteiger partial charge on any atom is -0.351 e. The fourth-order valence-electron chi connectivity index (χ4n) is 3.84. The van der Waals surface area contributed by atoms with Gasteiger partial charge in [0, 0.05) is 18.3 Å². The van der Waals surface area contributed by atoms with Crippen molar-refractivity contribution in [3.8, 4) is 0 Å². The van der Waals surface area contributed by atoms with Crippen LogP contribution in [0.1, 0.15) is 45.1 Å². The molecule has 1 atom stereocenters. The van der Waals surface area contributed by atoms with E-state index in [1.165, 1.54) is 12.8 Å². The number of likely N-dealkylation sites (tertiary alicyclic amines) is 1. The Morgan fingerprint density at radius 2 is 1.89 bits per heavy atom. The molecule has 2 aliphatic rings. The molecule has 3 rings (SSSR count). The van der Waals surface area contributed by atoms with E-state index in [0.717, 1.165) is 44.3 Å². The zero-order valence-corrected chi connectivity index (χ0v) is 17.3. The van der Waals surface area contributed by atoms with Crippen LogP contribution in [0.5, 0.6) is 0 Å². The van der Waals surface area contributed by atoms with E-state index >= 15 is 0 Å². The van der Waals surface area contributed by atoms with Gasteiger partial charge >= 0.3 is 0 Å². The van der Waals surface area contributed by atoms with Crippen molar-refractivity contribution in [1.29, 1.82) is 0 Å². The molecule has 0 radical (unpaired) electrons. The summed E-state index contributed by atoms with van der Waals surface area (Å²) in [6.45, 7) is 7.43. The number of nitrogens with zero attached hydrogens (tertiary/aromatic N) is 1. The Labute approximate surface area is 162 Å². The SMILES string of the molecule is CC(C)[C@@H](CN1CCCC1)NC(=O)C1(c2cccc(NS(C)(=O)=O)c2)CC1. The van der Waals surface area contributed by atoms with Gasteiger partial charge < -0.3 is 10.2 Å². The van der Waals surface area contributed by atoms with Gasteiger partial charge in [0.15, 0.2) is 0 Å². The largest absolute Gasteiger partial charge is 0.351 e. The van der Waals surface area contributed by atoms with Crippen molar-refractivity contribution in [3.05, 3.63) is 29.8 Å². The highest BCUT2D eigenvalue weighted by Gasteiger charge is 2.51. The summed E-state index contributed by atoms with van der Waals surface area (Å²) in [7, 11) is -3.34. The van der Waals surface area contributed by atoms with Crippen LogP contribution in [-0.4, -0.2) is 51.2 Å². The number of carbonyl (C=O) groups is 1. The lowest BCUT2D eigenvalue weighted by Crippen LogP contribution is -2.49. The Morgan fingerprint density at radius 3 is 2.44 bits per heavy atom. The second-order valence-corrected chi connectivity index (χ2v) is 10.1. The van der Waals surface area contributed by atoms with E-state index in [-0.39, 0.29) is 11.9 Å². The molecule has 6 nitrogen and oxygen atoms in total. The number of nitrogens with one attached hydrogen (secondary N) is 2. The Bertz CT molecular complexity index is 781. The molecular formula is C20H31N3O3S. The minimum absolute atomic E-state index is 0.0666. The van der Waals surface area contributed by atoms with Crippen LogP contribution in [-0.2, 0) is 20.2 Å². The Kier molecular flexibility index (Phi) is 5.82. The fourth-order valence-corrected chi connectivity index (χ4v) is 4.39. The van der Waals surface area contributed by atoms with Gasteiger partial charge in [0.2, 0.25) is 15.9 Å². The molecule has 2 fully saturated rings. The normalized spacial score (nSPS) is 20.4. The molecule has 7 heteroatoms. The number of rotatable bonds is 8. The third-order valence-electron chi connectivity index (χ3n) is 5.68. The van der Waals surface area contributed by atoms with E-state index in [1.54, 1.807) is 18.2 Å². The van der Waals surface area contributed by atoms with Crippen molar-refractivity contribution in [3.63, 3.8) is 0 Å². The first-order valence-electron chi connectivity index (χ1n) is 9.81. The Morgan fingerprint density at radius 1 is 1.22 bits per heavy atom. The molecule has 1 saturated heterocycles. The quantitative estimate of drug-likeness (QED) is 0.710. The van der Waals surface area contributed by atoms with Gasteiger partial charge in [-0.1, -0.05) is 26.0 Å². The second kappa shape index (κ2) is 7.80. The molecule has 0 bridgehead atoms. The topological polar surface area (TPSA) is 78.5 Å². The predicted octanol–water partition coefficient (Wildman–Crippen LogP) is 2.33. The summed E-state index contributed by atoms with van der Waals surface area (Å²) in [5.74, 6) is 0.431. The summed E-state index contributed by atoms with van der Waals surface area (Å²) in [6, 6.07) is 7.36. The first kappa shape index (κ1) is 20.1. The Hall–Kier alpha value is -1.60. The maximum absolute atomic E-state index is 13.1. The molecular weight excluding hydrogens is 362 g/mol. The highest BCUT2D eigenvalue weighted by atomic mass is 32.2. The van der Waals surface area contributed by atoms with E-state index in [1.807, 2.05) is 6.07 Å². The van der Waals surface area contributed by atoms with Crippen LogP contribution in [0.15, 0.2) is 24.3 Å². The summed E-state index contributed by atoms with van der Waals surface area (Å²) in [6.07, 6.45) is 5.21. The van der Waals surface area contributed by atoms with Gasteiger partial charge in [0.05, 0.1) is 11.7 Å². The maximum Gasteiger partial charge on any atom is 0.230 e. The zero-order valence-electron chi connectivity index (χ0n) is 16.5. The molecule has 0 spiro atoms.